The zero-order valence-corrected chi connectivity index (χ0v) is 12.2. The molecule has 5 nitrogen and oxygen atoms in total. The van der Waals surface area contributed by atoms with Gasteiger partial charge in [0.1, 0.15) is 0 Å². The molecular formula is C16H22N4O. The molecule has 0 radical (unpaired) electrons. The van der Waals surface area contributed by atoms with E-state index in [1.54, 1.807) is 6.20 Å². The van der Waals surface area contributed by atoms with Gasteiger partial charge in [-0.25, -0.2) is 4.79 Å². The predicted molar refractivity (Wildman–Crippen MR) is 79.6 cm³/mol. The summed E-state index contributed by atoms with van der Waals surface area (Å²) in [5.74, 6) is 2.83. The second-order valence-corrected chi connectivity index (χ2v) is 6.61. The van der Waals surface area contributed by atoms with E-state index in [0.717, 1.165) is 25.1 Å². The fourth-order valence-electron chi connectivity index (χ4n) is 4.34. The molecule has 2 amide bonds. The van der Waals surface area contributed by atoms with Crippen molar-refractivity contribution in [3.8, 4) is 0 Å². The van der Waals surface area contributed by atoms with E-state index in [0.29, 0.717) is 30.2 Å². The Morgan fingerprint density at radius 3 is 2.57 bits per heavy atom. The molecule has 0 spiro atoms. The highest BCUT2D eigenvalue weighted by atomic mass is 16.2. The first-order chi connectivity index (χ1) is 10.3. The molecule has 1 saturated heterocycles. The zero-order chi connectivity index (χ0) is 14.2. The van der Waals surface area contributed by atoms with Crippen LogP contribution in [0.3, 0.4) is 0 Å². The molecule has 1 aromatic rings. The first kappa shape index (κ1) is 12.9. The fourth-order valence-corrected chi connectivity index (χ4v) is 4.34. The van der Waals surface area contributed by atoms with E-state index in [1.807, 2.05) is 11.1 Å². The molecule has 4 atom stereocenters. The standard InChI is InChI=1S/C16H22N4O/c21-16(17-6-5-11-7-18-19-8-11)20-9-14-12-1-2-13(4-3-12)15(14)10-20/h1-2,7-8,12-15H,3-6,9-10H2,(H,17,21)(H,18,19)/t12-,13+,14+,15-. The molecule has 2 heterocycles. The van der Waals surface area contributed by atoms with Gasteiger partial charge in [0, 0.05) is 25.8 Å². The minimum absolute atomic E-state index is 0.104. The van der Waals surface area contributed by atoms with Gasteiger partial charge in [-0.1, -0.05) is 12.2 Å². The number of rotatable bonds is 3. The monoisotopic (exact) mass is 286 g/mol. The van der Waals surface area contributed by atoms with Crippen LogP contribution in [0, 0.1) is 23.7 Å². The molecule has 1 aliphatic heterocycles. The van der Waals surface area contributed by atoms with Gasteiger partial charge in [0.2, 0.25) is 0 Å². The van der Waals surface area contributed by atoms with E-state index in [4.69, 9.17) is 0 Å². The predicted octanol–water partition coefficient (Wildman–Crippen LogP) is 1.81. The number of amides is 2. The van der Waals surface area contributed by atoms with Gasteiger partial charge < -0.3 is 10.2 Å². The van der Waals surface area contributed by atoms with Crippen LogP contribution in [-0.4, -0.2) is 40.8 Å². The van der Waals surface area contributed by atoms with E-state index in [2.05, 4.69) is 27.7 Å². The summed E-state index contributed by atoms with van der Waals surface area (Å²) in [5.41, 5.74) is 1.13. The van der Waals surface area contributed by atoms with Crippen LogP contribution in [0.15, 0.2) is 24.5 Å². The maximum absolute atomic E-state index is 12.3. The Bertz CT molecular complexity index is 516. The van der Waals surface area contributed by atoms with Crippen LogP contribution in [-0.2, 0) is 6.42 Å². The Morgan fingerprint density at radius 1 is 1.29 bits per heavy atom. The summed E-state index contributed by atoms with van der Waals surface area (Å²) >= 11 is 0. The van der Waals surface area contributed by atoms with Gasteiger partial charge in [0.15, 0.2) is 0 Å². The van der Waals surface area contributed by atoms with Crippen LogP contribution in [0.25, 0.3) is 0 Å². The lowest BCUT2D eigenvalue weighted by Gasteiger charge is -2.40. The quantitative estimate of drug-likeness (QED) is 0.832. The van der Waals surface area contributed by atoms with E-state index < -0.39 is 0 Å². The van der Waals surface area contributed by atoms with Crippen LogP contribution in [0.5, 0.6) is 0 Å². The number of fused-ring (bicyclic) bond motifs is 1. The first-order valence-electron chi connectivity index (χ1n) is 8.00. The number of urea groups is 1. The number of hydrogen-bond acceptors (Lipinski definition) is 2. The normalized spacial score (nSPS) is 33.2. The maximum Gasteiger partial charge on any atom is 0.317 e. The third kappa shape index (κ3) is 2.34. The second kappa shape index (κ2) is 5.20. The number of aromatic amines is 1. The van der Waals surface area contributed by atoms with Crippen LogP contribution in [0.4, 0.5) is 4.79 Å². The number of likely N-dealkylation sites (tertiary alicyclic amines) is 1. The number of carbonyl (C=O) groups excluding carboxylic acids is 1. The average Bonchev–Trinajstić information content (AvgIpc) is 3.18. The van der Waals surface area contributed by atoms with E-state index in [9.17, 15) is 4.79 Å². The molecule has 0 unspecified atom stereocenters. The van der Waals surface area contributed by atoms with Gasteiger partial charge in [-0.05, 0) is 48.5 Å². The molecule has 2 N–H and O–H groups in total. The van der Waals surface area contributed by atoms with Gasteiger partial charge in [-0.15, -0.1) is 0 Å². The highest BCUT2D eigenvalue weighted by Gasteiger charge is 2.46. The summed E-state index contributed by atoms with van der Waals surface area (Å²) in [5, 5.41) is 9.76. The third-order valence-corrected chi connectivity index (χ3v) is 5.48. The van der Waals surface area contributed by atoms with Crippen molar-refractivity contribution in [1.29, 1.82) is 0 Å². The Labute approximate surface area is 124 Å². The average molecular weight is 286 g/mol. The van der Waals surface area contributed by atoms with Crippen molar-refractivity contribution in [2.24, 2.45) is 23.7 Å². The molecular weight excluding hydrogens is 264 g/mol. The molecule has 1 saturated carbocycles. The summed E-state index contributed by atoms with van der Waals surface area (Å²) in [7, 11) is 0. The summed E-state index contributed by atoms with van der Waals surface area (Å²) in [6.07, 6.45) is 11.9. The molecule has 4 aliphatic rings. The van der Waals surface area contributed by atoms with Crippen LogP contribution in [0.2, 0.25) is 0 Å². The maximum atomic E-state index is 12.3. The molecule has 5 heteroatoms. The van der Waals surface area contributed by atoms with Crippen LogP contribution >= 0.6 is 0 Å². The number of nitrogens with zero attached hydrogens (tertiary/aromatic N) is 2. The third-order valence-electron chi connectivity index (χ3n) is 5.48. The summed E-state index contributed by atoms with van der Waals surface area (Å²) < 4.78 is 0. The molecule has 2 fully saturated rings. The Hall–Kier alpha value is -1.78. The van der Waals surface area contributed by atoms with Gasteiger partial charge in [-0.2, -0.15) is 5.10 Å². The van der Waals surface area contributed by atoms with Gasteiger partial charge in [0.25, 0.3) is 0 Å². The lowest BCUT2D eigenvalue weighted by atomic mass is 9.64. The Morgan fingerprint density at radius 2 is 2.00 bits per heavy atom. The molecule has 21 heavy (non-hydrogen) atoms. The molecule has 5 rings (SSSR count). The van der Waals surface area contributed by atoms with Gasteiger partial charge in [-0.3, -0.25) is 5.10 Å². The van der Waals surface area contributed by atoms with Gasteiger partial charge >= 0.3 is 6.03 Å². The number of nitrogens with one attached hydrogen (secondary N) is 2. The van der Waals surface area contributed by atoms with Crippen molar-refractivity contribution in [3.05, 3.63) is 30.1 Å². The summed E-state index contributed by atoms with van der Waals surface area (Å²) in [6, 6.07) is 0.104. The van der Waals surface area contributed by atoms with Crippen molar-refractivity contribution >= 4 is 6.03 Å². The van der Waals surface area contributed by atoms with E-state index in [1.165, 1.54) is 12.8 Å². The number of hydrogen-bond donors (Lipinski definition) is 2. The topological polar surface area (TPSA) is 61.0 Å². The second-order valence-electron chi connectivity index (χ2n) is 6.61. The largest absolute Gasteiger partial charge is 0.338 e. The molecule has 0 aromatic carbocycles. The van der Waals surface area contributed by atoms with Crippen molar-refractivity contribution < 1.29 is 4.79 Å². The highest BCUT2D eigenvalue weighted by molar-refractivity contribution is 5.74. The van der Waals surface area contributed by atoms with Crippen LogP contribution in [0.1, 0.15) is 18.4 Å². The van der Waals surface area contributed by atoms with Gasteiger partial charge in [0.05, 0.1) is 6.20 Å². The summed E-state index contributed by atoms with van der Waals surface area (Å²) in [6.45, 7) is 2.55. The van der Waals surface area contributed by atoms with E-state index >= 15 is 0 Å². The lowest BCUT2D eigenvalue weighted by Crippen LogP contribution is -2.39. The lowest BCUT2D eigenvalue weighted by molar-refractivity contribution is 0.169. The van der Waals surface area contributed by atoms with Crippen molar-refractivity contribution in [2.45, 2.75) is 19.3 Å². The van der Waals surface area contributed by atoms with Crippen molar-refractivity contribution in [2.75, 3.05) is 19.6 Å². The summed E-state index contributed by atoms with van der Waals surface area (Å²) in [4.78, 5) is 14.4. The Balaban J connectivity index is 1.30. The van der Waals surface area contributed by atoms with Crippen molar-refractivity contribution in [3.63, 3.8) is 0 Å². The van der Waals surface area contributed by atoms with Crippen LogP contribution < -0.4 is 5.32 Å². The molecule has 1 aromatic heterocycles. The number of allylic oxidation sites excluding steroid dienone is 2. The van der Waals surface area contributed by atoms with E-state index in [-0.39, 0.29) is 6.03 Å². The zero-order valence-electron chi connectivity index (χ0n) is 12.2. The first-order valence-corrected chi connectivity index (χ1v) is 8.00. The SMILES string of the molecule is O=C(NCCc1cn[nH]c1)N1C[C@@H]2[C@H](C1)[C@H]1C=C[C@@H]2CC1. The minimum Gasteiger partial charge on any atom is -0.338 e. The number of aromatic nitrogens is 2. The minimum atomic E-state index is 0.104. The number of H-pyrrole nitrogens is 1. The molecule has 2 bridgehead atoms. The Kier molecular flexibility index (Phi) is 3.20. The highest BCUT2D eigenvalue weighted by Crippen LogP contribution is 2.48. The molecule has 112 valence electrons. The smallest absolute Gasteiger partial charge is 0.317 e. The molecule has 3 aliphatic carbocycles. The number of carbonyl (C=O) groups is 1. The fraction of sp³-hybridized carbons (Fsp3) is 0.625. The van der Waals surface area contributed by atoms with Crippen molar-refractivity contribution in [1.82, 2.24) is 20.4 Å².